The summed E-state index contributed by atoms with van der Waals surface area (Å²) in [5.74, 6) is 0.446. The number of fused-ring (bicyclic) bond motifs is 2. The molecule has 242 valence electrons. The highest BCUT2D eigenvalue weighted by Gasteiger charge is 2.48. The number of pyridine rings is 1. The van der Waals surface area contributed by atoms with E-state index < -0.39 is 19.7 Å². The van der Waals surface area contributed by atoms with Gasteiger partial charge in [0.05, 0.1) is 17.3 Å². The zero-order valence-electron chi connectivity index (χ0n) is 27.5. The number of hydrogen-bond donors (Lipinski definition) is 1. The quantitative estimate of drug-likeness (QED) is 0.151. The molecule has 1 saturated heterocycles. The van der Waals surface area contributed by atoms with Gasteiger partial charge in [-0.1, -0.05) is 50.8 Å². The van der Waals surface area contributed by atoms with E-state index >= 15 is 0 Å². The lowest BCUT2D eigenvalue weighted by Gasteiger charge is -2.51. The zero-order valence-corrected chi connectivity index (χ0v) is 28.5. The van der Waals surface area contributed by atoms with Gasteiger partial charge in [-0.3, -0.25) is 9.88 Å². The average Bonchev–Trinajstić information content (AvgIpc) is 3.46. The molecule has 10 nitrogen and oxygen atoms in total. The second-order valence-corrected chi connectivity index (χ2v) is 19.3. The summed E-state index contributed by atoms with van der Waals surface area (Å²) >= 11 is 0. The van der Waals surface area contributed by atoms with Crippen molar-refractivity contribution in [2.75, 3.05) is 18.5 Å². The fourth-order valence-electron chi connectivity index (χ4n) is 6.86. The Morgan fingerprint density at radius 2 is 1.91 bits per heavy atom. The number of carbonyl (C=O) groups excluding carboxylic acids is 2. The highest BCUT2D eigenvalue weighted by atomic mass is 28.3. The number of benzene rings is 2. The molecule has 46 heavy (non-hydrogen) atoms. The Labute approximate surface area is 271 Å². The lowest BCUT2D eigenvalue weighted by Crippen LogP contribution is -2.60. The van der Waals surface area contributed by atoms with Crippen molar-refractivity contribution in [3.05, 3.63) is 83.8 Å². The first-order chi connectivity index (χ1) is 22.1. The van der Waals surface area contributed by atoms with Crippen LogP contribution in [0.2, 0.25) is 25.7 Å². The van der Waals surface area contributed by atoms with Gasteiger partial charge < -0.3 is 19.7 Å². The predicted molar refractivity (Wildman–Crippen MR) is 182 cm³/mol. The van der Waals surface area contributed by atoms with Gasteiger partial charge in [0, 0.05) is 57.3 Å². The topological polar surface area (TPSA) is 102 Å². The number of aromatic nitrogens is 3. The molecule has 0 spiro atoms. The molecule has 0 saturated carbocycles. The van der Waals surface area contributed by atoms with Crippen molar-refractivity contribution in [2.24, 2.45) is 0 Å². The van der Waals surface area contributed by atoms with Crippen LogP contribution in [0.3, 0.4) is 0 Å². The summed E-state index contributed by atoms with van der Waals surface area (Å²) in [6, 6.07) is 16.5. The van der Waals surface area contributed by atoms with Crippen LogP contribution in [0, 0.1) is 6.92 Å². The molecule has 2 unspecified atom stereocenters. The summed E-state index contributed by atoms with van der Waals surface area (Å²) in [6.45, 7) is 13.3. The zero-order chi connectivity index (χ0) is 32.5. The Bertz CT molecular complexity index is 1720. The number of ether oxygens (including phenoxy) is 2. The summed E-state index contributed by atoms with van der Waals surface area (Å²) in [7, 11) is -1.19. The van der Waals surface area contributed by atoms with Crippen molar-refractivity contribution in [2.45, 2.75) is 83.7 Å². The number of piperidine rings is 1. The molecule has 1 N–H and O–H groups in total. The maximum Gasteiger partial charge on any atom is 0.415 e. The fourth-order valence-corrected chi connectivity index (χ4v) is 7.62. The first-order valence-electron chi connectivity index (χ1n) is 16.2. The minimum atomic E-state index is -1.19. The monoisotopic (exact) mass is 640 g/mol. The van der Waals surface area contributed by atoms with Crippen molar-refractivity contribution in [3.8, 4) is 5.75 Å². The van der Waals surface area contributed by atoms with Crippen molar-refractivity contribution in [1.82, 2.24) is 24.6 Å². The van der Waals surface area contributed by atoms with E-state index in [1.165, 1.54) is 0 Å². The SMILES string of the molecule is CCC1(c2cc(C)c3c(cnn3COCC[Si](C)(C)C)c2)CC(N2Cc3ccccc3NC2=O)CCN1C(=O)Oc1ccncc1. The van der Waals surface area contributed by atoms with E-state index in [-0.39, 0.29) is 12.1 Å². The fraction of sp³-hybridized carbons (Fsp3) is 0.429. The third-order valence-electron chi connectivity index (χ3n) is 9.41. The summed E-state index contributed by atoms with van der Waals surface area (Å²) in [5.41, 5.74) is 4.30. The van der Waals surface area contributed by atoms with Crippen molar-refractivity contribution in [1.29, 1.82) is 0 Å². The first kappa shape index (κ1) is 31.7. The Balaban J connectivity index is 1.34. The third-order valence-corrected chi connectivity index (χ3v) is 11.1. The van der Waals surface area contributed by atoms with Crippen LogP contribution in [-0.4, -0.2) is 64.0 Å². The maximum atomic E-state index is 14.0. The molecule has 4 aromatic rings. The molecule has 2 aromatic heterocycles. The van der Waals surface area contributed by atoms with Crippen LogP contribution in [0.1, 0.15) is 42.9 Å². The normalized spacial score (nSPS) is 20.0. The minimum absolute atomic E-state index is 0.0863. The van der Waals surface area contributed by atoms with E-state index in [1.54, 1.807) is 24.5 Å². The van der Waals surface area contributed by atoms with Crippen LogP contribution < -0.4 is 10.1 Å². The second-order valence-electron chi connectivity index (χ2n) is 13.7. The number of likely N-dealkylation sites (tertiary alicyclic amines) is 1. The minimum Gasteiger partial charge on any atom is -0.410 e. The Morgan fingerprint density at radius 3 is 2.67 bits per heavy atom. The van der Waals surface area contributed by atoms with Crippen molar-refractivity contribution < 1.29 is 19.1 Å². The Kier molecular flexibility index (Phi) is 8.89. The van der Waals surface area contributed by atoms with Crippen LogP contribution in [-0.2, 0) is 23.6 Å². The van der Waals surface area contributed by atoms with E-state index in [9.17, 15) is 9.59 Å². The molecule has 3 amide bonds. The molecule has 6 rings (SSSR count). The molecule has 2 aromatic carbocycles. The molecule has 0 bridgehead atoms. The lowest BCUT2D eigenvalue weighted by atomic mass is 9.75. The van der Waals surface area contributed by atoms with Crippen LogP contribution >= 0.6 is 0 Å². The van der Waals surface area contributed by atoms with Crippen molar-refractivity contribution in [3.63, 3.8) is 0 Å². The average molecular weight is 641 g/mol. The van der Waals surface area contributed by atoms with E-state index in [2.05, 4.69) is 67.1 Å². The van der Waals surface area contributed by atoms with Crippen molar-refractivity contribution >= 4 is 36.8 Å². The highest BCUT2D eigenvalue weighted by molar-refractivity contribution is 6.76. The molecular weight excluding hydrogens is 597 g/mol. The van der Waals surface area contributed by atoms with Gasteiger partial charge in [-0.25, -0.2) is 14.3 Å². The number of urea groups is 1. The maximum absolute atomic E-state index is 14.0. The van der Waals surface area contributed by atoms with Gasteiger partial charge in [-0.2, -0.15) is 5.10 Å². The standard InChI is InChI=1S/C35H44N6O4Si/c1-6-35(28-19-25(2)32-27(20-28)22-37-41(32)24-44-17-18-46(3,4)5)21-29(39-23-26-9-7-8-10-31(26)38-33(39)42)13-16-40(35)34(43)45-30-11-14-36-15-12-30/h7-12,14-15,19-20,22,29H,6,13,16-18,21,23-24H2,1-5H3,(H,38,42). The molecular formula is C35H44N6O4Si. The number of para-hydroxylation sites is 1. The number of nitrogens with one attached hydrogen (secondary N) is 1. The lowest BCUT2D eigenvalue weighted by molar-refractivity contribution is 0.0112. The van der Waals surface area contributed by atoms with E-state index in [0.29, 0.717) is 44.8 Å². The van der Waals surface area contributed by atoms with E-state index in [1.807, 2.05) is 38.9 Å². The van der Waals surface area contributed by atoms with E-state index in [0.717, 1.165) is 45.9 Å². The van der Waals surface area contributed by atoms with Gasteiger partial charge >= 0.3 is 12.1 Å². The summed E-state index contributed by atoms with van der Waals surface area (Å²) in [4.78, 5) is 35.2. The van der Waals surface area contributed by atoms with E-state index in [4.69, 9.17) is 9.47 Å². The number of anilines is 1. The van der Waals surface area contributed by atoms with Gasteiger partial charge in [0.15, 0.2) is 0 Å². The van der Waals surface area contributed by atoms with Gasteiger partial charge in [0.1, 0.15) is 12.5 Å². The smallest absolute Gasteiger partial charge is 0.410 e. The summed E-state index contributed by atoms with van der Waals surface area (Å²) in [6.07, 6.45) is 6.53. The van der Waals surface area contributed by atoms with Gasteiger partial charge in [0.25, 0.3) is 0 Å². The van der Waals surface area contributed by atoms with Gasteiger partial charge in [-0.05, 0) is 73.2 Å². The van der Waals surface area contributed by atoms with Crippen LogP contribution in [0.15, 0.2) is 67.1 Å². The molecule has 11 heteroatoms. The second kappa shape index (κ2) is 12.9. The molecule has 2 atom stereocenters. The first-order valence-corrected chi connectivity index (χ1v) is 19.9. The Morgan fingerprint density at radius 1 is 1.13 bits per heavy atom. The predicted octanol–water partition coefficient (Wildman–Crippen LogP) is 7.37. The largest absolute Gasteiger partial charge is 0.415 e. The molecule has 0 radical (unpaired) electrons. The number of hydrogen-bond acceptors (Lipinski definition) is 6. The molecule has 4 heterocycles. The number of aryl methyl sites for hydroxylation is 1. The van der Waals surface area contributed by atoms with Crippen LogP contribution in [0.25, 0.3) is 10.9 Å². The number of nitrogens with zero attached hydrogens (tertiary/aromatic N) is 5. The number of carbonyl (C=O) groups is 2. The number of rotatable bonds is 9. The van der Waals surface area contributed by atoms with Gasteiger partial charge in [0.2, 0.25) is 0 Å². The summed E-state index contributed by atoms with van der Waals surface area (Å²) in [5, 5.41) is 8.76. The van der Waals surface area contributed by atoms with Gasteiger partial charge in [-0.15, -0.1) is 0 Å². The Hall–Kier alpha value is -4.22. The molecule has 2 aliphatic heterocycles. The highest BCUT2D eigenvalue weighted by Crippen LogP contribution is 2.45. The molecule has 0 aliphatic carbocycles. The van der Waals surface area contributed by atoms with Crippen LogP contribution in [0.5, 0.6) is 5.75 Å². The third kappa shape index (κ3) is 6.39. The molecule has 1 fully saturated rings. The van der Waals surface area contributed by atoms with Crippen LogP contribution in [0.4, 0.5) is 15.3 Å². The summed E-state index contributed by atoms with van der Waals surface area (Å²) < 4.78 is 13.9. The number of amides is 3. The molecule has 2 aliphatic rings.